The predicted octanol–water partition coefficient (Wildman–Crippen LogP) is 5.11. The summed E-state index contributed by atoms with van der Waals surface area (Å²) in [5, 5.41) is 9.10. The number of carbonyl (C=O) groups excluding carboxylic acids is 1. The van der Waals surface area contributed by atoms with E-state index in [1.807, 2.05) is 60.7 Å². The summed E-state index contributed by atoms with van der Waals surface area (Å²) in [7, 11) is 0. The largest absolute Gasteiger partial charge is 0.508 e. The summed E-state index contributed by atoms with van der Waals surface area (Å²) in [4.78, 5) is 14.0. The lowest BCUT2D eigenvalue weighted by molar-refractivity contribution is 0.0989. The van der Waals surface area contributed by atoms with Crippen molar-refractivity contribution in [2.24, 2.45) is 0 Å². The molecule has 0 aliphatic carbocycles. The van der Waals surface area contributed by atoms with Gasteiger partial charge >= 0.3 is 0 Å². The standard InChI is InChI=1S/C20H16O2S/c21-17-13-11-15(12-14-17)19(22)20(16-7-3-1-4-8-16)23-18-9-5-2-6-10-18/h1-14,20-21H. The van der Waals surface area contributed by atoms with Crippen LogP contribution in [-0.2, 0) is 0 Å². The van der Waals surface area contributed by atoms with Gasteiger partial charge in [0.25, 0.3) is 0 Å². The smallest absolute Gasteiger partial charge is 0.180 e. The molecule has 3 aromatic carbocycles. The predicted molar refractivity (Wildman–Crippen MR) is 93.9 cm³/mol. The van der Waals surface area contributed by atoms with Crippen LogP contribution in [0.25, 0.3) is 0 Å². The molecule has 0 aromatic heterocycles. The summed E-state index contributed by atoms with van der Waals surface area (Å²) in [6.07, 6.45) is 0. The Morgan fingerprint density at radius 1 is 0.783 bits per heavy atom. The van der Waals surface area contributed by atoms with Gasteiger partial charge in [-0.2, -0.15) is 0 Å². The van der Waals surface area contributed by atoms with Crippen molar-refractivity contribution in [2.45, 2.75) is 10.1 Å². The van der Waals surface area contributed by atoms with Crippen LogP contribution in [0.15, 0.2) is 89.8 Å². The van der Waals surface area contributed by atoms with Gasteiger partial charge in [0.15, 0.2) is 5.78 Å². The van der Waals surface area contributed by atoms with Crippen LogP contribution in [0.3, 0.4) is 0 Å². The van der Waals surface area contributed by atoms with Crippen molar-refractivity contribution < 1.29 is 9.90 Å². The normalized spacial score (nSPS) is 11.8. The molecule has 0 fully saturated rings. The first-order valence-electron chi connectivity index (χ1n) is 7.34. The van der Waals surface area contributed by atoms with E-state index in [0.717, 1.165) is 10.5 Å². The Morgan fingerprint density at radius 3 is 1.96 bits per heavy atom. The number of rotatable bonds is 5. The number of benzene rings is 3. The molecule has 0 aliphatic heterocycles. The molecule has 0 aliphatic rings. The van der Waals surface area contributed by atoms with Gasteiger partial charge in [-0.15, -0.1) is 11.8 Å². The molecule has 1 atom stereocenters. The molecule has 3 heteroatoms. The van der Waals surface area contributed by atoms with E-state index in [9.17, 15) is 9.90 Å². The fraction of sp³-hybridized carbons (Fsp3) is 0.0500. The molecule has 0 saturated heterocycles. The molecule has 2 nitrogen and oxygen atoms in total. The quantitative estimate of drug-likeness (QED) is 0.524. The van der Waals surface area contributed by atoms with Gasteiger partial charge in [0.05, 0.1) is 5.25 Å². The molecule has 0 bridgehead atoms. The van der Waals surface area contributed by atoms with Crippen molar-refractivity contribution in [1.29, 1.82) is 0 Å². The van der Waals surface area contributed by atoms with Gasteiger partial charge < -0.3 is 5.11 Å². The SMILES string of the molecule is O=C(c1ccc(O)cc1)C(Sc1ccccc1)c1ccccc1. The fourth-order valence-electron chi connectivity index (χ4n) is 2.31. The van der Waals surface area contributed by atoms with E-state index in [1.54, 1.807) is 24.3 Å². The molecule has 3 rings (SSSR count). The van der Waals surface area contributed by atoms with Gasteiger partial charge in [0, 0.05) is 10.5 Å². The van der Waals surface area contributed by atoms with Crippen molar-refractivity contribution >= 4 is 17.5 Å². The maximum atomic E-state index is 13.0. The molecule has 0 saturated carbocycles. The van der Waals surface area contributed by atoms with Crippen LogP contribution in [0.2, 0.25) is 0 Å². The van der Waals surface area contributed by atoms with E-state index in [0.29, 0.717) is 5.56 Å². The average molecular weight is 320 g/mol. The third kappa shape index (κ3) is 3.82. The molecule has 114 valence electrons. The van der Waals surface area contributed by atoms with E-state index in [-0.39, 0.29) is 16.8 Å². The molecule has 1 N–H and O–H groups in total. The van der Waals surface area contributed by atoms with Crippen LogP contribution < -0.4 is 0 Å². The number of carbonyl (C=O) groups is 1. The van der Waals surface area contributed by atoms with Gasteiger partial charge in [-0.25, -0.2) is 0 Å². The minimum Gasteiger partial charge on any atom is -0.508 e. The number of phenols is 1. The number of hydrogen-bond acceptors (Lipinski definition) is 3. The highest BCUT2D eigenvalue weighted by Gasteiger charge is 2.23. The molecule has 0 spiro atoms. The second-order valence-corrected chi connectivity index (χ2v) is 6.31. The van der Waals surface area contributed by atoms with Crippen molar-refractivity contribution in [3.8, 4) is 5.75 Å². The van der Waals surface area contributed by atoms with Crippen LogP contribution in [-0.4, -0.2) is 10.9 Å². The number of phenolic OH excluding ortho intramolecular Hbond substituents is 1. The maximum Gasteiger partial charge on any atom is 0.180 e. The van der Waals surface area contributed by atoms with Crippen molar-refractivity contribution in [3.63, 3.8) is 0 Å². The van der Waals surface area contributed by atoms with E-state index >= 15 is 0 Å². The molecule has 23 heavy (non-hydrogen) atoms. The van der Waals surface area contributed by atoms with E-state index in [4.69, 9.17) is 0 Å². The maximum absolute atomic E-state index is 13.0. The van der Waals surface area contributed by atoms with E-state index < -0.39 is 0 Å². The van der Waals surface area contributed by atoms with Crippen molar-refractivity contribution in [3.05, 3.63) is 96.1 Å². The Labute approximate surface area is 139 Å². The third-order valence-electron chi connectivity index (χ3n) is 3.49. The Hall–Kier alpha value is -2.52. The molecular weight excluding hydrogens is 304 g/mol. The minimum absolute atomic E-state index is 0.0325. The Bertz CT molecular complexity index is 768. The van der Waals surface area contributed by atoms with Crippen LogP contribution in [0.1, 0.15) is 21.2 Å². The lowest BCUT2D eigenvalue weighted by Gasteiger charge is -2.16. The topological polar surface area (TPSA) is 37.3 Å². The lowest BCUT2D eigenvalue weighted by atomic mass is 10.0. The van der Waals surface area contributed by atoms with Crippen molar-refractivity contribution in [1.82, 2.24) is 0 Å². The van der Waals surface area contributed by atoms with Crippen LogP contribution in [0.4, 0.5) is 0 Å². The minimum atomic E-state index is -0.317. The number of thioether (sulfide) groups is 1. The summed E-state index contributed by atoms with van der Waals surface area (Å²) < 4.78 is 0. The highest BCUT2D eigenvalue weighted by molar-refractivity contribution is 8.00. The van der Waals surface area contributed by atoms with Crippen LogP contribution in [0.5, 0.6) is 5.75 Å². The highest BCUT2D eigenvalue weighted by Crippen LogP contribution is 2.37. The average Bonchev–Trinajstić information content (AvgIpc) is 2.61. The first kappa shape index (κ1) is 15.4. The van der Waals surface area contributed by atoms with Crippen LogP contribution >= 0.6 is 11.8 Å². The summed E-state index contributed by atoms with van der Waals surface area (Å²) in [6, 6.07) is 26.1. The monoisotopic (exact) mass is 320 g/mol. The van der Waals surface area contributed by atoms with E-state index in [2.05, 4.69) is 0 Å². The van der Waals surface area contributed by atoms with Gasteiger partial charge in [-0.05, 0) is 42.0 Å². The fourth-order valence-corrected chi connectivity index (χ4v) is 3.44. The number of hydrogen-bond donors (Lipinski definition) is 1. The zero-order chi connectivity index (χ0) is 16.1. The summed E-state index contributed by atoms with van der Waals surface area (Å²) in [5.41, 5.74) is 1.57. The van der Waals surface area contributed by atoms with Gasteiger partial charge in [-0.3, -0.25) is 4.79 Å². The summed E-state index contributed by atoms with van der Waals surface area (Å²) >= 11 is 1.54. The molecule has 0 radical (unpaired) electrons. The highest BCUT2D eigenvalue weighted by atomic mass is 32.2. The first-order chi connectivity index (χ1) is 11.2. The third-order valence-corrected chi connectivity index (χ3v) is 4.76. The molecule has 1 unspecified atom stereocenters. The first-order valence-corrected chi connectivity index (χ1v) is 8.22. The van der Waals surface area contributed by atoms with E-state index in [1.165, 1.54) is 11.8 Å². The lowest BCUT2D eigenvalue weighted by Crippen LogP contribution is -2.09. The summed E-state index contributed by atoms with van der Waals surface area (Å²) in [5.74, 6) is 0.193. The summed E-state index contributed by atoms with van der Waals surface area (Å²) in [6.45, 7) is 0. The number of Topliss-reactive ketones (excluding diaryl/α,β-unsaturated/α-hetero) is 1. The molecule has 0 amide bonds. The number of ketones is 1. The Kier molecular flexibility index (Phi) is 4.79. The molecular formula is C20H16O2S. The Balaban J connectivity index is 1.94. The van der Waals surface area contributed by atoms with Gasteiger partial charge in [-0.1, -0.05) is 48.5 Å². The molecule has 3 aromatic rings. The number of aromatic hydroxyl groups is 1. The zero-order valence-corrected chi connectivity index (χ0v) is 13.2. The van der Waals surface area contributed by atoms with Crippen LogP contribution in [0, 0.1) is 0 Å². The van der Waals surface area contributed by atoms with Gasteiger partial charge in [0.1, 0.15) is 5.75 Å². The second-order valence-electron chi connectivity index (χ2n) is 5.13. The van der Waals surface area contributed by atoms with Crippen molar-refractivity contribution in [2.75, 3.05) is 0 Å². The van der Waals surface area contributed by atoms with Gasteiger partial charge in [0.2, 0.25) is 0 Å². The zero-order valence-electron chi connectivity index (χ0n) is 12.4. The molecule has 0 heterocycles. The Morgan fingerprint density at radius 2 is 1.35 bits per heavy atom. The second kappa shape index (κ2) is 7.16.